The molecule has 0 radical (unpaired) electrons. The van der Waals surface area contributed by atoms with E-state index in [1.807, 2.05) is 6.92 Å². The highest BCUT2D eigenvalue weighted by atomic mass is 19.4. The first kappa shape index (κ1) is 19.7. The van der Waals surface area contributed by atoms with E-state index in [-0.39, 0.29) is 0 Å². The van der Waals surface area contributed by atoms with Crippen LogP contribution in [0.4, 0.5) is 18.9 Å². The minimum atomic E-state index is -4.73. The molecular weight excluding hydrogens is 373 g/mol. The molecule has 2 heterocycles. The lowest BCUT2D eigenvalue weighted by Gasteiger charge is -2.23. The highest BCUT2D eigenvalue weighted by Crippen LogP contribution is 2.35. The van der Waals surface area contributed by atoms with Crippen molar-refractivity contribution in [2.75, 3.05) is 5.32 Å². The number of alkyl halides is 3. The molecule has 0 saturated heterocycles. The van der Waals surface area contributed by atoms with Crippen LogP contribution in [0.5, 0.6) is 0 Å². The van der Waals surface area contributed by atoms with Crippen LogP contribution in [-0.4, -0.2) is 20.7 Å². The Bertz CT molecular complexity index is 999. The van der Waals surface area contributed by atoms with Crippen LogP contribution in [-0.2, 0) is 11.7 Å². The molecule has 3 aromatic rings. The van der Waals surface area contributed by atoms with Gasteiger partial charge in [-0.2, -0.15) is 18.3 Å². The lowest BCUT2D eigenvalue weighted by atomic mass is 10.1. The Morgan fingerprint density at radius 1 is 1.21 bits per heavy atom. The summed E-state index contributed by atoms with van der Waals surface area (Å²) >= 11 is 0. The summed E-state index contributed by atoms with van der Waals surface area (Å²) in [5, 5.41) is 6.30. The molecule has 3 rings (SSSR count). The molecule has 2 aromatic heterocycles. The number of anilines is 1. The zero-order valence-electron chi connectivity index (χ0n) is 15.8. The smallest absolute Gasteiger partial charge is 0.433 e. The summed E-state index contributed by atoms with van der Waals surface area (Å²) < 4.78 is 46.9. The molecular formula is C19H19F3N4O2. The molecule has 0 bridgehead atoms. The van der Waals surface area contributed by atoms with Gasteiger partial charge >= 0.3 is 6.18 Å². The van der Waals surface area contributed by atoms with Crippen LogP contribution < -0.4 is 5.32 Å². The highest BCUT2D eigenvalue weighted by molar-refractivity contribution is 6.05. The van der Waals surface area contributed by atoms with E-state index in [2.05, 4.69) is 15.4 Å². The maximum Gasteiger partial charge on any atom is 0.433 e. The molecule has 0 saturated carbocycles. The van der Waals surface area contributed by atoms with Gasteiger partial charge < -0.3 is 9.73 Å². The van der Waals surface area contributed by atoms with Gasteiger partial charge in [-0.25, -0.2) is 4.98 Å². The molecule has 0 aliphatic heterocycles. The van der Waals surface area contributed by atoms with Crippen LogP contribution in [0, 0.1) is 6.92 Å². The van der Waals surface area contributed by atoms with Crippen molar-refractivity contribution in [1.82, 2.24) is 14.8 Å². The first-order valence-corrected chi connectivity index (χ1v) is 8.46. The van der Waals surface area contributed by atoms with Gasteiger partial charge in [0.2, 0.25) is 5.89 Å². The van der Waals surface area contributed by atoms with Gasteiger partial charge in [0.1, 0.15) is 6.26 Å². The van der Waals surface area contributed by atoms with Gasteiger partial charge in [0.25, 0.3) is 5.91 Å². The van der Waals surface area contributed by atoms with Crippen molar-refractivity contribution >= 4 is 11.6 Å². The largest absolute Gasteiger partial charge is 0.445 e. The summed E-state index contributed by atoms with van der Waals surface area (Å²) in [6, 6.07) is 4.92. The van der Waals surface area contributed by atoms with Crippen molar-refractivity contribution < 1.29 is 22.4 Å². The number of rotatable bonds is 3. The third-order valence-corrected chi connectivity index (χ3v) is 4.08. The number of carbonyl (C=O) groups is 1. The Labute approximate surface area is 159 Å². The minimum absolute atomic E-state index is 0.320. The van der Waals surface area contributed by atoms with Crippen molar-refractivity contribution in [1.29, 1.82) is 0 Å². The first-order chi connectivity index (χ1) is 13.0. The van der Waals surface area contributed by atoms with Gasteiger partial charge in [-0.1, -0.05) is 6.07 Å². The number of aromatic nitrogens is 3. The third-order valence-electron chi connectivity index (χ3n) is 4.08. The molecule has 28 heavy (non-hydrogen) atoms. The number of oxazole rings is 1. The summed E-state index contributed by atoms with van der Waals surface area (Å²) in [5.41, 5.74) is -0.773. The second-order valence-corrected chi connectivity index (χ2v) is 7.31. The van der Waals surface area contributed by atoms with Gasteiger partial charge in [0.05, 0.1) is 23.5 Å². The van der Waals surface area contributed by atoms with Gasteiger partial charge in [-0.3, -0.25) is 9.48 Å². The summed E-state index contributed by atoms with van der Waals surface area (Å²) in [5.74, 6) is -0.546. The van der Waals surface area contributed by atoms with Gasteiger partial charge in [0.15, 0.2) is 5.69 Å². The predicted molar refractivity (Wildman–Crippen MR) is 96.9 cm³/mol. The van der Waals surface area contributed by atoms with Gasteiger partial charge in [0, 0.05) is 11.3 Å². The number of amides is 1. The minimum Gasteiger partial charge on any atom is -0.445 e. The number of carbonyl (C=O) groups excluding carboxylic acids is 1. The zero-order chi connectivity index (χ0) is 20.7. The number of halogens is 3. The number of hydrogen-bond acceptors (Lipinski definition) is 4. The standard InChI is InChI=1S/C19H19F3N4O2/c1-11-5-6-12(9-13(11)17-23-7-8-28-17)25-16(27)14-10-24-26(18(2,3)4)15(14)19(20,21)22/h5-10H,1-4H3,(H,25,27). The Morgan fingerprint density at radius 3 is 2.50 bits per heavy atom. The molecule has 0 aliphatic rings. The van der Waals surface area contributed by atoms with Crippen LogP contribution in [0.15, 0.2) is 41.3 Å². The van der Waals surface area contributed by atoms with E-state index < -0.39 is 28.9 Å². The average molecular weight is 392 g/mol. The van der Waals surface area contributed by atoms with Crippen LogP contribution in [0.25, 0.3) is 11.5 Å². The summed E-state index contributed by atoms with van der Waals surface area (Å²) in [4.78, 5) is 16.7. The molecule has 0 fully saturated rings. The highest BCUT2D eigenvalue weighted by Gasteiger charge is 2.42. The van der Waals surface area contributed by atoms with Crippen molar-refractivity contribution in [2.45, 2.75) is 39.4 Å². The quantitative estimate of drug-likeness (QED) is 0.690. The summed E-state index contributed by atoms with van der Waals surface area (Å²) in [6.07, 6.45) is -0.896. The third kappa shape index (κ3) is 3.78. The van der Waals surface area contributed by atoms with E-state index in [1.54, 1.807) is 39.0 Å². The van der Waals surface area contributed by atoms with Crippen LogP contribution in [0.1, 0.15) is 42.4 Å². The first-order valence-electron chi connectivity index (χ1n) is 8.46. The van der Waals surface area contributed by atoms with Crippen molar-refractivity contribution in [3.05, 3.63) is 53.7 Å². The van der Waals surface area contributed by atoms with Crippen molar-refractivity contribution in [2.24, 2.45) is 0 Å². The Hall–Kier alpha value is -3.10. The molecule has 0 atom stereocenters. The molecule has 148 valence electrons. The molecule has 9 heteroatoms. The van der Waals surface area contributed by atoms with Crippen LogP contribution in [0.2, 0.25) is 0 Å². The van der Waals surface area contributed by atoms with Gasteiger partial charge in [-0.05, 0) is 45.4 Å². The molecule has 6 nitrogen and oxygen atoms in total. The van der Waals surface area contributed by atoms with Crippen molar-refractivity contribution in [3.8, 4) is 11.5 Å². The molecule has 0 unspecified atom stereocenters. The predicted octanol–water partition coefficient (Wildman–Crippen LogP) is 4.87. The molecule has 1 N–H and O–H groups in total. The van der Waals surface area contributed by atoms with Crippen LogP contribution >= 0.6 is 0 Å². The molecule has 1 amide bonds. The summed E-state index contributed by atoms with van der Waals surface area (Å²) in [6.45, 7) is 6.58. The lowest BCUT2D eigenvalue weighted by Crippen LogP contribution is -2.30. The lowest BCUT2D eigenvalue weighted by molar-refractivity contribution is -0.146. The van der Waals surface area contributed by atoms with E-state index in [9.17, 15) is 18.0 Å². The van der Waals surface area contributed by atoms with E-state index in [1.165, 1.54) is 12.5 Å². The summed E-state index contributed by atoms with van der Waals surface area (Å²) in [7, 11) is 0. The fraction of sp³-hybridized carbons (Fsp3) is 0.316. The number of nitrogens with zero attached hydrogens (tertiary/aromatic N) is 3. The SMILES string of the molecule is Cc1ccc(NC(=O)c2cnn(C(C)(C)C)c2C(F)(F)F)cc1-c1ncco1. The van der Waals surface area contributed by atoms with E-state index in [4.69, 9.17) is 4.42 Å². The topological polar surface area (TPSA) is 73.0 Å². The second kappa shape index (κ2) is 6.81. The maximum absolute atomic E-state index is 13.6. The molecule has 0 aliphatic carbocycles. The van der Waals surface area contributed by atoms with Crippen molar-refractivity contribution in [3.63, 3.8) is 0 Å². The van der Waals surface area contributed by atoms with Gasteiger partial charge in [-0.15, -0.1) is 0 Å². The second-order valence-electron chi connectivity index (χ2n) is 7.31. The molecule has 1 aromatic carbocycles. The zero-order valence-corrected chi connectivity index (χ0v) is 15.8. The molecule has 0 spiro atoms. The number of hydrogen-bond donors (Lipinski definition) is 1. The van der Waals surface area contributed by atoms with Crippen LogP contribution in [0.3, 0.4) is 0 Å². The fourth-order valence-electron chi connectivity index (χ4n) is 2.78. The monoisotopic (exact) mass is 392 g/mol. The Balaban J connectivity index is 1.97. The maximum atomic E-state index is 13.6. The fourth-order valence-corrected chi connectivity index (χ4v) is 2.78. The Morgan fingerprint density at radius 2 is 1.93 bits per heavy atom. The number of aryl methyl sites for hydroxylation is 1. The average Bonchev–Trinajstić information content (AvgIpc) is 3.25. The Kier molecular flexibility index (Phi) is 4.78. The van der Waals surface area contributed by atoms with E-state index in [0.717, 1.165) is 16.4 Å². The van der Waals surface area contributed by atoms with E-state index in [0.29, 0.717) is 17.1 Å². The normalized spacial score (nSPS) is 12.2. The van der Waals surface area contributed by atoms with E-state index >= 15 is 0 Å². The number of benzene rings is 1. The number of nitrogens with one attached hydrogen (secondary N) is 1.